The zero-order valence-electron chi connectivity index (χ0n) is 11.7. The predicted octanol–water partition coefficient (Wildman–Crippen LogP) is 3.88. The highest BCUT2D eigenvalue weighted by Crippen LogP contribution is 2.42. The molecule has 2 nitrogen and oxygen atoms in total. The third-order valence-corrected chi connectivity index (χ3v) is 3.60. The molecule has 1 rings (SSSR count). The van der Waals surface area contributed by atoms with Crippen LogP contribution in [-0.2, 0) is 9.53 Å². The zero-order valence-corrected chi connectivity index (χ0v) is 11.7. The zero-order chi connectivity index (χ0) is 13.1. The monoisotopic (exact) mass is 236 g/mol. The van der Waals surface area contributed by atoms with E-state index >= 15 is 0 Å². The molecule has 0 amide bonds. The van der Waals surface area contributed by atoms with E-state index in [1.54, 1.807) is 0 Å². The lowest BCUT2D eigenvalue weighted by atomic mass is 9.68. The molecule has 1 atom stereocenters. The molecule has 0 aromatic heterocycles. The van der Waals surface area contributed by atoms with Crippen molar-refractivity contribution in [1.29, 1.82) is 0 Å². The van der Waals surface area contributed by atoms with Crippen LogP contribution in [-0.4, -0.2) is 12.6 Å². The molecule has 1 aliphatic rings. The number of carbonyl (C=O) groups excluding carboxylic acids is 1. The number of allylic oxidation sites excluding steroid dienone is 3. The van der Waals surface area contributed by atoms with Gasteiger partial charge in [-0.3, -0.25) is 0 Å². The van der Waals surface area contributed by atoms with Crippen molar-refractivity contribution in [3.63, 3.8) is 0 Å². The SMILES string of the molecule is CCOC(=O)/C(C)=C\[C@@H]1C(C)=CCCC1(C)C. The van der Waals surface area contributed by atoms with Gasteiger partial charge in [0.2, 0.25) is 0 Å². The van der Waals surface area contributed by atoms with Crippen LogP contribution >= 0.6 is 0 Å². The van der Waals surface area contributed by atoms with Crippen molar-refractivity contribution in [1.82, 2.24) is 0 Å². The standard InChI is InChI=1S/C15H24O2/c1-6-17-14(16)12(3)10-13-11(2)8-7-9-15(13,4)5/h8,10,13H,6-7,9H2,1-5H3/b12-10-/t13-/m1/s1. The molecule has 0 N–H and O–H groups in total. The van der Waals surface area contributed by atoms with Gasteiger partial charge in [0.05, 0.1) is 6.61 Å². The molecule has 17 heavy (non-hydrogen) atoms. The number of esters is 1. The summed E-state index contributed by atoms with van der Waals surface area (Å²) < 4.78 is 5.02. The summed E-state index contributed by atoms with van der Waals surface area (Å²) in [6.07, 6.45) is 6.66. The van der Waals surface area contributed by atoms with E-state index in [2.05, 4.69) is 32.9 Å². The van der Waals surface area contributed by atoms with E-state index in [9.17, 15) is 4.79 Å². The molecule has 1 aliphatic carbocycles. The Labute approximate surface area is 105 Å². The second-order valence-corrected chi connectivity index (χ2v) is 5.52. The first-order valence-corrected chi connectivity index (χ1v) is 6.40. The third-order valence-electron chi connectivity index (χ3n) is 3.60. The van der Waals surface area contributed by atoms with Crippen LogP contribution in [0.25, 0.3) is 0 Å². The molecular weight excluding hydrogens is 212 g/mol. The first-order valence-electron chi connectivity index (χ1n) is 6.40. The Hall–Kier alpha value is -1.05. The Morgan fingerprint density at radius 2 is 2.24 bits per heavy atom. The van der Waals surface area contributed by atoms with E-state index in [0.717, 1.165) is 12.0 Å². The summed E-state index contributed by atoms with van der Waals surface area (Å²) in [5.74, 6) is 0.155. The highest BCUT2D eigenvalue weighted by atomic mass is 16.5. The van der Waals surface area contributed by atoms with Crippen molar-refractivity contribution in [2.75, 3.05) is 6.61 Å². The maximum atomic E-state index is 11.6. The largest absolute Gasteiger partial charge is 0.463 e. The maximum absolute atomic E-state index is 11.6. The van der Waals surface area contributed by atoms with Crippen LogP contribution in [0.3, 0.4) is 0 Å². The minimum absolute atomic E-state index is 0.193. The van der Waals surface area contributed by atoms with Crippen molar-refractivity contribution >= 4 is 5.97 Å². The minimum Gasteiger partial charge on any atom is -0.463 e. The Bertz CT molecular complexity index is 348. The van der Waals surface area contributed by atoms with Gasteiger partial charge in [0.1, 0.15) is 0 Å². The van der Waals surface area contributed by atoms with Crippen molar-refractivity contribution in [3.05, 3.63) is 23.3 Å². The van der Waals surface area contributed by atoms with E-state index in [1.165, 1.54) is 12.0 Å². The summed E-state index contributed by atoms with van der Waals surface area (Å²) >= 11 is 0. The molecule has 0 aromatic carbocycles. The van der Waals surface area contributed by atoms with Gasteiger partial charge in [-0.25, -0.2) is 4.79 Å². The van der Waals surface area contributed by atoms with Gasteiger partial charge < -0.3 is 4.74 Å². The Balaban J connectivity index is 2.90. The summed E-state index contributed by atoms with van der Waals surface area (Å²) in [6.45, 7) is 10.8. The smallest absolute Gasteiger partial charge is 0.333 e. The van der Waals surface area contributed by atoms with Crippen molar-refractivity contribution in [2.24, 2.45) is 11.3 Å². The summed E-state index contributed by atoms with van der Waals surface area (Å²) in [7, 11) is 0. The molecule has 0 fully saturated rings. The van der Waals surface area contributed by atoms with Crippen molar-refractivity contribution < 1.29 is 9.53 Å². The van der Waals surface area contributed by atoms with Crippen LogP contribution in [0.2, 0.25) is 0 Å². The molecule has 0 saturated carbocycles. The van der Waals surface area contributed by atoms with E-state index in [1.807, 2.05) is 13.8 Å². The first-order chi connectivity index (χ1) is 7.88. The number of hydrogen-bond acceptors (Lipinski definition) is 2. The van der Waals surface area contributed by atoms with Gasteiger partial charge in [-0.05, 0) is 39.0 Å². The highest BCUT2D eigenvalue weighted by molar-refractivity contribution is 5.87. The fraction of sp³-hybridized carbons (Fsp3) is 0.667. The van der Waals surface area contributed by atoms with Gasteiger partial charge in [0, 0.05) is 11.5 Å². The number of carbonyl (C=O) groups is 1. The van der Waals surface area contributed by atoms with Gasteiger partial charge in [-0.2, -0.15) is 0 Å². The summed E-state index contributed by atoms with van der Waals surface area (Å²) in [5.41, 5.74) is 2.32. The normalized spacial score (nSPS) is 24.2. The lowest BCUT2D eigenvalue weighted by Crippen LogP contribution is -2.27. The predicted molar refractivity (Wildman–Crippen MR) is 70.7 cm³/mol. The number of hydrogen-bond donors (Lipinski definition) is 0. The second kappa shape index (κ2) is 5.52. The molecule has 96 valence electrons. The molecule has 0 aliphatic heterocycles. The van der Waals surface area contributed by atoms with Crippen LogP contribution in [0.5, 0.6) is 0 Å². The van der Waals surface area contributed by atoms with Gasteiger partial charge in [0.15, 0.2) is 0 Å². The van der Waals surface area contributed by atoms with Crippen LogP contribution in [0.4, 0.5) is 0 Å². The summed E-state index contributed by atoms with van der Waals surface area (Å²) in [5, 5.41) is 0. The molecule has 0 unspecified atom stereocenters. The number of ether oxygens (including phenoxy) is 1. The second-order valence-electron chi connectivity index (χ2n) is 5.52. The molecule has 0 bridgehead atoms. The average Bonchev–Trinajstić information content (AvgIpc) is 2.23. The van der Waals surface area contributed by atoms with Gasteiger partial charge in [-0.15, -0.1) is 0 Å². The van der Waals surface area contributed by atoms with Crippen molar-refractivity contribution in [2.45, 2.75) is 47.5 Å². The quantitative estimate of drug-likeness (QED) is 0.422. The van der Waals surface area contributed by atoms with Crippen molar-refractivity contribution in [3.8, 4) is 0 Å². The highest BCUT2D eigenvalue weighted by Gasteiger charge is 2.31. The Morgan fingerprint density at radius 1 is 1.59 bits per heavy atom. The van der Waals surface area contributed by atoms with E-state index in [-0.39, 0.29) is 11.4 Å². The fourth-order valence-electron chi connectivity index (χ4n) is 2.49. The van der Waals surface area contributed by atoms with Gasteiger partial charge in [0.25, 0.3) is 0 Å². The molecular formula is C15H24O2. The lowest BCUT2D eigenvalue weighted by Gasteiger charge is -2.37. The van der Waals surface area contributed by atoms with Gasteiger partial charge in [-0.1, -0.05) is 31.6 Å². The molecule has 0 aromatic rings. The maximum Gasteiger partial charge on any atom is 0.333 e. The molecule has 2 heteroatoms. The topological polar surface area (TPSA) is 26.3 Å². The van der Waals surface area contributed by atoms with Crippen LogP contribution in [0.15, 0.2) is 23.3 Å². The van der Waals surface area contributed by atoms with E-state index in [4.69, 9.17) is 4.74 Å². The Morgan fingerprint density at radius 3 is 2.76 bits per heavy atom. The molecule has 0 radical (unpaired) electrons. The number of rotatable bonds is 3. The van der Waals surface area contributed by atoms with Crippen LogP contribution in [0, 0.1) is 11.3 Å². The van der Waals surface area contributed by atoms with Gasteiger partial charge >= 0.3 is 5.97 Å². The summed E-state index contributed by atoms with van der Waals surface area (Å²) in [6, 6.07) is 0. The molecule has 0 heterocycles. The van der Waals surface area contributed by atoms with E-state index in [0.29, 0.717) is 12.5 Å². The lowest BCUT2D eigenvalue weighted by molar-refractivity contribution is -0.138. The van der Waals surface area contributed by atoms with Crippen LogP contribution in [0.1, 0.15) is 47.5 Å². The molecule has 0 spiro atoms. The van der Waals surface area contributed by atoms with E-state index < -0.39 is 0 Å². The minimum atomic E-state index is -0.193. The van der Waals surface area contributed by atoms with Crippen LogP contribution < -0.4 is 0 Å². The summed E-state index contributed by atoms with van der Waals surface area (Å²) in [4.78, 5) is 11.6. The molecule has 0 saturated heterocycles. The fourth-order valence-corrected chi connectivity index (χ4v) is 2.49. The first kappa shape index (κ1) is 14.0. The average molecular weight is 236 g/mol. The Kier molecular flexibility index (Phi) is 4.55. The third kappa shape index (κ3) is 3.45.